The van der Waals surface area contributed by atoms with Gasteiger partial charge in [-0.2, -0.15) is 0 Å². The molecule has 0 N–H and O–H groups in total. The first-order valence-electron chi connectivity index (χ1n) is 20.6. The lowest BCUT2D eigenvalue weighted by molar-refractivity contribution is 0.669. The van der Waals surface area contributed by atoms with Gasteiger partial charge >= 0.3 is 0 Å². The summed E-state index contributed by atoms with van der Waals surface area (Å²) >= 11 is 0. The summed E-state index contributed by atoms with van der Waals surface area (Å²) in [7, 11) is 0. The van der Waals surface area contributed by atoms with Crippen molar-refractivity contribution < 1.29 is 14.0 Å². The van der Waals surface area contributed by atoms with Crippen LogP contribution in [0, 0.1) is 0 Å². The van der Waals surface area contributed by atoms with Crippen LogP contribution >= 0.6 is 0 Å². The van der Waals surface area contributed by atoms with Gasteiger partial charge in [0.15, 0.2) is 0 Å². The monoisotopic (exact) mass is 651 g/mol. The molecule has 0 fully saturated rings. The second kappa shape index (κ2) is 9.94. The largest absolute Gasteiger partial charge is 0.456 e. The van der Waals surface area contributed by atoms with E-state index in [0.29, 0.717) is 5.56 Å². The summed E-state index contributed by atoms with van der Waals surface area (Å²) in [6.45, 7) is 0. The standard InChI is InChI=1S/C50H28O/c1-2-10-45-40(9-1)41-24-20-36(28-46(41)51-45)38-22-19-35(37-21-15-33-13-11-29-5-3-7-31-17-25-42(37)49(33)47(29)31)27-44(38)39-23-16-34-14-12-30-6-4-8-32-18-26-43(39)50(34)48(30)32/h1-28H/i1D,2D,9D,10D,20D,24D,28D. The molecule has 51 heavy (non-hydrogen) atoms. The van der Waals surface area contributed by atoms with Gasteiger partial charge in [0.1, 0.15) is 11.2 Å². The number of benzene rings is 11. The Hall–Kier alpha value is -6.70. The number of para-hydroxylation sites is 1. The lowest BCUT2D eigenvalue weighted by Gasteiger charge is -2.19. The van der Waals surface area contributed by atoms with Gasteiger partial charge in [0.05, 0.1) is 9.60 Å². The molecule has 0 saturated carbocycles. The molecule has 12 aromatic rings. The highest BCUT2D eigenvalue weighted by atomic mass is 16.3. The van der Waals surface area contributed by atoms with Gasteiger partial charge in [0.2, 0.25) is 0 Å². The van der Waals surface area contributed by atoms with E-state index in [1.165, 1.54) is 26.9 Å². The second-order valence-electron chi connectivity index (χ2n) is 13.5. The normalized spacial score (nSPS) is 14.2. The van der Waals surface area contributed by atoms with Gasteiger partial charge in [-0.25, -0.2) is 0 Å². The molecule has 11 aromatic carbocycles. The van der Waals surface area contributed by atoms with Crippen LogP contribution in [0.2, 0.25) is 0 Å². The van der Waals surface area contributed by atoms with Gasteiger partial charge in [-0.15, -0.1) is 0 Å². The van der Waals surface area contributed by atoms with Gasteiger partial charge in [-0.3, -0.25) is 0 Å². The second-order valence-corrected chi connectivity index (χ2v) is 13.5. The van der Waals surface area contributed by atoms with Crippen molar-refractivity contribution in [3.8, 4) is 33.4 Å². The predicted molar refractivity (Wildman–Crippen MR) is 217 cm³/mol. The first-order valence-corrected chi connectivity index (χ1v) is 17.1. The van der Waals surface area contributed by atoms with Crippen LogP contribution in [0.3, 0.4) is 0 Å². The fourth-order valence-electron chi connectivity index (χ4n) is 8.54. The summed E-state index contributed by atoms with van der Waals surface area (Å²) in [5.41, 5.74) is 4.28. The molecule has 0 aliphatic rings. The van der Waals surface area contributed by atoms with Crippen LogP contribution in [0.4, 0.5) is 0 Å². The van der Waals surface area contributed by atoms with Crippen LogP contribution in [0.15, 0.2) is 174 Å². The Bertz CT molecular complexity index is 3740. The van der Waals surface area contributed by atoms with Crippen LogP contribution < -0.4 is 0 Å². The van der Waals surface area contributed by atoms with Crippen molar-refractivity contribution in [3.05, 3.63) is 170 Å². The molecule has 0 amide bonds. The topological polar surface area (TPSA) is 13.1 Å². The van der Waals surface area contributed by atoms with E-state index >= 15 is 0 Å². The van der Waals surface area contributed by atoms with Crippen molar-refractivity contribution in [1.29, 1.82) is 0 Å². The minimum Gasteiger partial charge on any atom is -0.456 e. The number of furan rings is 1. The van der Waals surface area contributed by atoms with Crippen molar-refractivity contribution in [2.45, 2.75) is 0 Å². The smallest absolute Gasteiger partial charge is 0.136 e. The van der Waals surface area contributed by atoms with Crippen LogP contribution in [-0.2, 0) is 0 Å². The van der Waals surface area contributed by atoms with Crippen LogP contribution in [0.25, 0.3) is 120 Å². The maximum absolute atomic E-state index is 9.62. The number of hydrogen-bond donors (Lipinski definition) is 0. The molecule has 234 valence electrons. The highest BCUT2D eigenvalue weighted by Crippen LogP contribution is 2.46. The van der Waals surface area contributed by atoms with Crippen molar-refractivity contribution in [1.82, 2.24) is 0 Å². The Balaban J connectivity index is 1.20. The summed E-state index contributed by atoms with van der Waals surface area (Å²) in [6.07, 6.45) is 0. The predicted octanol–water partition coefficient (Wildman–Crippen LogP) is 14.4. The van der Waals surface area contributed by atoms with Gasteiger partial charge < -0.3 is 4.42 Å². The third kappa shape index (κ3) is 3.75. The third-order valence-corrected chi connectivity index (χ3v) is 10.8. The molecule has 0 unspecified atom stereocenters. The van der Waals surface area contributed by atoms with E-state index in [9.17, 15) is 4.11 Å². The molecule has 1 heteroatoms. The van der Waals surface area contributed by atoms with Crippen molar-refractivity contribution in [2.24, 2.45) is 0 Å². The van der Waals surface area contributed by atoms with E-state index in [1.807, 2.05) is 12.1 Å². The Morgan fingerprint density at radius 1 is 0.353 bits per heavy atom. The Kier molecular flexibility index (Phi) is 4.17. The Morgan fingerprint density at radius 3 is 1.57 bits per heavy atom. The molecule has 0 aliphatic heterocycles. The first-order chi connectivity index (χ1) is 28.2. The zero-order valence-corrected chi connectivity index (χ0v) is 27.0. The molecule has 12 rings (SSSR count). The molecule has 0 bridgehead atoms. The van der Waals surface area contributed by atoms with E-state index in [-0.39, 0.29) is 57.7 Å². The van der Waals surface area contributed by atoms with Crippen molar-refractivity contribution in [3.63, 3.8) is 0 Å². The number of rotatable bonds is 3. The molecule has 0 spiro atoms. The zero-order valence-electron chi connectivity index (χ0n) is 34.0. The molecule has 1 nitrogen and oxygen atoms in total. The van der Waals surface area contributed by atoms with E-state index in [2.05, 4.69) is 115 Å². The van der Waals surface area contributed by atoms with Crippen LogP contribution in [0.5, 0.6) is 0 Å². The summed E-state index contributed by atoms with van der Waals surface area (Å²) in [5, 5.41) is 13.8. The van der Waals surface area contributed by atoms with Gasteiger partial charge in [0, 0.05) is 10.8 Å². The van der Waals surface area contributed by atoms with Crippen molar-refractivity contribution in [2.75, 3.05) is 0 Å². The number of fused-ring (bicyclic) bond motifs is 3. The highest BCUT2D eigenvalue weighted by Gasteiger charge is 2.19. The summed E-state index contributed by atoms with van der Waals surface area (Å²) in [4.78, 5) is 0. The quantitative estimate of drug-likeness (QED) is 0.173. The minimum absolute atomic E-state index is 0.0101. The molecular formula is C50H28O. The maximum Gasteiger partial charge on any atom is 0.136 e. The summed E-state index contributed by atoms with van der Waals surface area (Å²) < 4.78 is 68.3. The SMILES string of the molecule is [2H]c1c([2H])c([2H])c2c(oc3c([2H])c(-c4ccc(-c5ccc6ccc7cccc8ccc5c6c78)cc4-c4ccc5ccc6cccc7ccc4c5c67)c([2H])c([2H])c32)c1[2H]. The molecule has 0 radical (unpaired) electrons. The molecule has 0 saturated heterocycles. The van der Waals surface area contributed by atoms with Crippen LogP contribution in [-0.4, -0.2) is 0 Å². The minimum atomic E-state index is -0.459. The molecule has 1 aromatic heterocycles. The average molecular weight is 652 g/mol. The highest BCUT2D eigenvalue weighted by molar-refractivity contribution is 6.27. The Morgan fingerprint density at radius 2 is 0.882 bits per heavy atom. The van der Waals surface area contributed by atoms with Gasteiger partial charge in [-0.1, -0.05) is 145 Å². The molecule has 1 heterocycles. The molecule has 0 atom stereocenters. The fourth-order valence-corrected chi connectivity index (χ4v) is 8.54. The lowest BCUT2D eigenvalue weighted by atomic mass is 9.85. The van der Waals surface area contributed by atoms with Gasteiger partial charge in [0.25, 0.3) is 0 Å². The maximum atomic E-state index is 9.62. The van der Waals surface area contributed by atoms with E-state index in [0.717, 1.165) is 60.0 Å². The van der Waals surface area contributed by atoms with E-state index in [4.69, 9.17) is 9.90 Å². The Labute approximate surface area is 303 Å². The number of hydrogen-bond acceptors (Lipinski definition) is 1. The molecule has 0 aliphatic carbocycles. The van der Waals surface area contributed by atoms with Crippen molar-refractivity contribution >= 4 is 86.6 Å². The third-order valence-electron chi connectivity index (χ3n) is 10.8. The molecular weight excluding hydrogens is 617 g/mol. The van der Waals surface area contributed by atoms with E-state index < -0.39 is 12.1 Å². The van der Waals surface area contributed by atoms with Gasteiger partial charge in [-0.05, 0) is 122 Å². The fraction of sp³-hybridized carbons (Fsp3) is 0. The lowest BCUT2D eigenvalue weighted by Crippen LogP contribution is -1.92. The van der Waals surface area contributed by atoms with E-state index in [1.54, 1.807) is 0 Å². The summed E-state index contributed by atoms with van der Waals surface area (Å²) in [5.74, 6) is 0. The van der Waals surface area contributed by atoms with Crippen LogP contribution in [0.1, 0.15) is 9.60 Å². The zero-order chi connectivity index (χ0) is 39.3. The first kappa shape index (κ1) is 21.4. The average Bonchev–Trinajstić information content (AvgIpc) is 3.67. The summed E-state index contributed by atoms with van der Waals surface area (Å²) in [6, 6.07) is 42.4.